The lowest BCUT2D eigenvalue weighted by molar-refractivity contribution is -0.139. The van der Waals surface area contributed by atoms with Gasteiger partial charge in [-0.15, -0.1) is 0 Å². The molecule has 0 aliphatic heterocycles. The van der Waals surface area contributed by atoms with Crippen LogP contribution in [0.4, 0.5) is 0 Å². The molecular formula is C29H31Cl2NO7. The van der Waals surface area contributed by atoms with E-state index in [4.69, 9.17) is 37.4 Å². The van der Waals surface area contributed by atoms with Gasteiger partial charge in [-0.1, -0.05) is 47.5 Å². The third kappa shape index (κ3) is 7.22. The number of rotatable bonds is 12. The summed E-state index contributed by atoms with van der Waals surface area (Å²) in [4.78, 5) is 24.9. The van der Waals surface area contributed by atoms with E-state index < -0.39 is 24.0 Å². The number of benzene rings is 3. The van der Waals surface area contributed by atoms with Crippen LogP contribution in [0.2, 0.25) is 10.0 Å². The van der Waals surface area contributed by atoms with Gasteiger partial charge in [0.2, 0.25) is 0 Å². The monoisotopic (exact) mass is 575 g/mol. The van der Waals surface area contributed by atoms with Crippen LogP contribution in [0.15, 0.2) is 48.5 Å². The third-order valence-corrected chi connectivity index (χ3v) is 6.74. The first-order chi connectivity index (χ1) is 18.6. The fourth-order valence-corrected chi connectivity index (χ4v) is 4.80. The fraction of sp³-hybridized carbons (Fsp3) is 0.310. The number of aliphatic hydroxyl groups excluding tert-OH is 1. The molecule has 0 saturated carbocycles. The average Bonchev–Trinajstić information content (AvgIpc) is 2.90. The molecule has 3 aromatic carbocycles. The Morgan fingerprint density at radius 2 is 1.59 bits per heavy atom. The highest BCUT2D eigenvalue weighted by Gasteiger charge is 2.25. The molecule has 8 nitrogen and oxygen atoms in total. The third-order valence-electron chi connectivity index (χ3n) is 6.11. The van der Waals surface area contributed by atoms with Gasteiger partial charge in [0.25, 0.3) is 5.91 Å². The predicted molar refractivity (Wildman–Crippen MR) is 150 cm³/mol. The Hall–Kier alpha value is -3.30. The number of methoxy groups -OCH3 is 2. The van der Waals surface area contributed by atoms with Gasteiger partial charge in [0.1, 0.15) is 17.5 Å². The van der Waals surface area contributed by atoms with Crippen LogP contribution >= 0.6 is 23.2 Å². The molecule has 0 spiro atoms. The minimum Gasteiger partial charge on any atom is -0.496 e. The van der Waals surface area contributed by atoms with Crippen molar-refractivity contribution in [3.8, 4) is 22.6 Å². The Morgan fingerprint density at radius 1 is 0.974 bits per heavy atom. The summed E-state index contributed by atoms with van der Waals surface area (Å²) in [6, 6.07) is 12.2. The van der Waals surface area contributed by atoms with E-state index in [2.05, 4.69) is 5.32 Å². The number of carbonyl (C=O) groups is 2. The van der Waals surface area contributed by atoms with Gasteiger partial charge in [-0.2, -0.15) is 0 Å². The topological polar surface area (TPSA) is 114 Å². The van der Waals surface area contributed by atoms with Crippen LogP contribution in [0.5, 0.6) is 11.5 Å². The Bertz CT molecular complexity index is 1300. The number of carboxylic acids is 1. The molecule has 2 atom stereocenters. The lowest BCUT2D eigenvalue weighted by Crippen LogP contribution is -2.42. The molecule has 0 bridgehead atoms. The maximum Gasteiger partial charge on any atom is 0.326 e. The molecule has 3 N–H and O–H groups in total. The summed E-state index contributed by atoms with van der Waals surface area (Å²) >= 11 is 12.2. The summed E-state index contributed by atoms with van der Waals surface area (Å²) in [6.07, 6.45) is -0.956. The van der Waals surface area contributed by atoms with Crippen molar-refractivity contribution in [2.75, 3.05) is 20.8 Å². The van der Waals surface area contributed by atoms with Crippen LogP contribution in [-0.4, -0.2) is 49.0 Å². The molecule has 10 heteroatoms. The van der Waals surface area contributed by atoms with Crippen molar-refractivity contribution < 1.29 is 34.0 Å². The summed E-state index contributed by atoms with van der Waals surface area (Å²) < 4.78 is 16.9. The van der Waals surface area contributed by atoms with Gasteiger partial charge in [0.05, 0.1) is 48.1 Å². The van der Waals surface area contributed by atoms with Crippen LogP contribution in [0, 0.1) is 0 Å². The van der Waals surface area contributed by atoms with E-state index in [9.17, 15) is 19.8 Å². The number of hydrogen-bond donors (Lipinski definition) is 3. The first-order valence-corrected chi connectivity index (χ1v) is 13.0. The largest absolute Gasteiger partial charge is 0.496 e. The molecule has 208 valence electrons. The molecule has 3 aromatic rings. The van der Waals surface area contributed by atoms with Crippen molar-refractivity contribution in [3.63, 3.8) is 0 Å². The van der Waals surface area contributed by atoms with Crippen molar-refractivity contribution in [2.45, 2.75) is 39.0 Å². The van der Waals surface area contributed by atoms with E-state index >= 15 is 0 Å². The Kier molecular flexibility index (Phi) is 10.6. The van der Waals surface area contributed by atoms with Crippen LogP contribution in [0.3, 0.4) is 0 Å². The van der Waals surface area contributed by atoms with Crippen molar-refractivity contribution in [2.24, 2.45) is 0 Å². The first-order valence-electron chi connectivity index (χ1n) is 12.2. The maximum atomic E-state index is 12.8. The number of amides is 1. The quantitative estimate of drug-likeness (QED) is 0.254. The maximum absolute atomic E-state index is 12.8. The molecule has 0 saturated heterocycles. The van der Waals surface area contributed by atoms with Crippen LogP contribution in [-0.2, 0) is 22.6 Å². The second kappa shape index (κ2) is 13.7. The van der Waals surface area contributed by atoms with Crippen molar-refractivity contribution in [3.05, 3.63) is 80.8 Å². The van der Waals surface area contributed by atoms with Gasteiger partial charge in [-0.25, -0.2) is 4.79 Å². The van der Waals surface area contributed by atoms with Gasteiger partial charge in [0, 0.05) is 13.0 Å². The van der Waals surface area contributed by atoms with Crippen molar-refractivity contribution >= 4 is 35.1 Å². The van der Waals surface area contributed by atoms with Gasteiger partial charge in [-0.05, 0) is 60.4 Å². The van der Waals surface area contributed by atoms with Crippen LogP contribution < -0.4 is 14.8 Å². The zero-order chi connectivity index (χ0) is 28.7. The van der Waals surface area contributed by atoms with E-state index in [0.29, 0.717) is 47.0 Å². The number of nitrogens with one attached hydrogen (secondary N) is 1. The molecule has 0 fully saturated rings. The fourth-order valence-electron chi connectivity index (χ4n) is 4.23. The number of aliphatic carboxylic acids is 1. The lowest BCUT2D eigenvalue weighted by Gasteiger charge is -2.21. The van der Waals surface area contributed by atoms with Gasteiger partial charge in [0.15, 0.2) is 0 Å². The van der Waals surface area contributed by atoms with Crippen LogP contribution in [0.1, 0.15) is 47.0 Å². The van der Waals surface area contributed by atoms with E-state index in [0.717, 1.165) is 5.56 Å². The van der Waals surface area contributed by atoms with E-state index in [1.54, 1.807) is 45.4 Å². The Labute approximate surface area is 237 Å². The van der Waals surface area contributed by atoms with E-state index in [1.165, 1.54) is 12.1 Å². The van der Waals surface area contributed by atoms with Crippen molar-refractivity contribution in [1.82, 2.24) is 5.32 Å². The lowest BCUT2D eigenvalue weighted by atomic mass is 9.91. The highest BCUT2D eigenvalue weighted by atomic mass is 35.5. The number of hydrogen-bond acceptors (Lipinski definition) is 6. The van der Waals surface area contributed by atoms with E-state index in [1.807, 2.05) is 19.1 Å². The molecule has 2 unspecified atom stereocenters. The summed E-state index contributed by atoms with van der Waals surface area (Å²) in [5.41, 5.74) is 3.27. The molecule has 39 heavy (non-hydrogen) atoms. The highest BCUT2D eigenvalue weighted by Crippen LogP contribution is 2.43. The minimum absolute atomic E-state index is 0.000857. The molecule has 0 aliphatic carbocycles. The zero-order valence-electron chi connectivity index (χ0n) is 22.1. The summed E-state index contributed by atoms with van der Waals surface area (Å²) in [5.74, 6) is -0.869. The Balaban J connectivity index is 1.98. The minimum atomic E-state index is -1.28. The van der Waals surface area contributed by atoms with Gasteiger partial charge < -0.3 is 29.7 Å². The van der Waals surface area contributed by atoms with Crippen molar-refractivity contribution in [1.29, 1.82) is 0 Å². The van der Waals surface area contributed by atoms with Gasteiger partial charge >= 0.3 is 5.97 Å². The smallest absolute Gasteiger partial charge is 0.326 e. The molecule has 0 aromatic heterocycles. The molecule has 3 rings (SSSR count). The molecule has 0 aliphatic rings. The van der Waals surface area contributed by atoms with Crippen LogP contribution in [0.25, 0.3) is 11.1 Å². The normalized spacial score (nSPS) is 12.5. The standard InChI is InChI=1S/C29H31Cl2NO7/c1-5-39-15-18-13-24(37-3)26(25(14-18)38-4)19-10-9-17(11-20(19)16(2)33)12-23(29(35)36)32-28(34)27-21(30)7-6-8-22(27)31/h6-11,13-14,16,23,33H,5,12,15H2,1-4H3,(H,32,34)(H,35,36). The second-order valence-corrected chi connectivity index (χ2v) is 9.59. The van der Waals surface area contributed by atoms with E-state index in [-0.39, 0.29) is 22.0 Å². The SMILES string of the molecule is CCOCc1cc(OC)c(-c2ccc(CC(NC(=O)c3c(Cl)cccc3Cl)C(=O)O)cc2C(C)O)c(OC)c1. The number of carbonyl (C=O) groups excluding carboxylic acids is 1. The average molecular weight is 576 g/mol. The molecule has 0 radical (unpaired) electrons. The number of carboxylic acid groups (broad SMARTS) is 1. The summed E-state index contributed by atoms with van der Waals surface area (Å²) in [6.45, 7) is 4.46. The number of ether oxygens (including phenoxy) is 3. The molecular weight excluding hydrogens is 545 g/mol. The first kappa shape index (κ1) is 30.2. The Morgan fingerprint density at radius 3 is 2.10 bits per heavy atom. The summed E-state index contributed by atoms with van der Waals surface area (Å²) in [5, 5.41) is 23.2. The predicted octanol–water partition coefficient (Wildman–Crippen LogP) is 5.69. The number of halogens is 2. The molecule has 1 amide bonds. The zero-order valence-corrected chi connectivity index (χ0v) is 23.6. The second-order valence-electron chi connectivity index (χ2n) is 8.78. The summed E-state index contributed by atoms with van der Waals surface area (Å²) in [7, 11) is 3.09. The molecule has 0 heterocycles. The number of aliphatic hydroxyl groups is 1. The highest BCUT2D eigenvalue weighted by molar-refractivity contribution is 6.39. The van der Waals surface area contributed by atoms with Gasteiger partial charge in [-0.3, -0.25) is 4.79 Å².